The lowest BCUT2D eigenvalue weighted by molar-refractivity contribution is -0.137. The third-order valence-corrected chi connectivity index (χ3v) is 2.14. The molecule has 0 aliphatic heterocycles. The third-order valence-electron chi connectivity index (χ3n) is 2.14. The molecule has 0 aliphatic carbocycles. The van der Waals surface area contributed by atoms with Gasteiger partial charge in [0.25, 0.3) is 0 Å². The number of carboxylic acid groups (broad SMARTS) is 1. The number of ether oxygens (including phenoxy) is 1. The minimum atomic E-state index is -0.823. The molecule has 82 valence electrons. The van der Waals surface area contributed by atoms with Gasteiger partial charge in [-0.3, -0.25) is 4.79 Å². The Morgan fingerprint density at radius 3 is 2.87 bits per heavy atom. The second-order valence-corrected chi connectivity index (χ2v) is 3.34. The van der Waals surface area contributed by atoms with Crippen LogP contribution in [-0.4, -0.2) is 23.0 Å². The predicted molar refractivity (Wildman–Crippen MR) is 54.8 cm³/mol. The molecule has 1 unspecified atom stereocenters. The van der Waals surface area contributed by atoms with Crippen molar-refractivity contribution in [2.45, 2.75) is 19.3 Å². The van der Waals surface area contributed by atoms with E-state index in [0.29, 0.717) is 5.75 Å². The van der Waals surface area contributed by atoms with Crippen molar-refractivity contribution in [2.75, 3.05) is 6.79 Å². The van der Waals surface area contributed by atoms with Gasteiger partial charge in [0.05, 0.1) is 6.42 Å². The maximum absolute atomic E-state index is 10.5. The largest absolute Gasteiger partial charge is 0.481 e. The Hall–Kier alpha value is -1.55. The molecule has 0 amide bonds. The molecule has 0 saturated carbocycles. The average Bonchev–Trinajstić information content (AvgIpc) is 2.17. The zero-order valence-electron chi connectivity index (χ0n) is 8.51. The highest BCUT2D eigenvalue weighted by atomic mass is 16.6. The second kappa shape index (κ2) is 5.36. The molecular weight excluding hydrogens is 196 g/mol. The van der Waals surface area contributed by atoms with Crippen LogP contribution in [0.4, 0.5) is 0 Å². The minimum absolute atomic E-state index is 0.0651. The lowest BCUT2D eigenvalue weighted by Gasteiger charge is -2.10. The van der Waals surface area contributed by atoms with Crippen LogP contribution in [0.15, 0.2) is 24.3 Å². The Bertz CT molecular complexity index is 335. The van der Waals surface area contributed by atoms with E-state index in [1.165, 1.54) is 0 Å². The Balaban J connectivity index is 2.75. The molecule has 1 aromatic carbocycles. The molecule has 0 bridgehead atoms. The van der Waals surface area contributed by atoms with Crippen LogP contribution >= 0.6 is 0 Å². The molecule has 0 radical (unpaired) electrons. The van der Waals surface area contributed by atoms with Crippen molar-refractivity contribution < 1.29 is 19.7 Å². The number of hydrogen-bond acceptors (Lipinski definition) is 3. The lowest BCUT2D eigenvalue weighted by atomic mass is 9.98. The first-order valence-electron chi connectivity index (χ1n) is 4.69. The van der Waals surface area contributed by atoms with E-state index in [2.05, 4.69) is 0 Å². The summed E-state index contributed by atoms with van der Waals surface area (Å²) in [6.07, 6.45) is 0.0859. The van der Waals surface area contributed by atoms with Gasteiger partial charge < -0.3 is 14.9 Å². The van der Waals surface area contributed by atoms with E-state index in [4.69, 9.17) is 14.9 Å². The number of hydrogen-bond donors (Lipinski definition) is 2. The van der Waals surface area contributed by atoms with E-state index < -0.39 is 5.97 Å². The van der Waals surface area contributed by atoms with E-state index in [9.17, 15) is 4.79 Å². The fourth-order valence-corrected chi connectivity index (χ4v) is 1.37. The van der Waals surface area contributed by atoms with Crippen LogP contribution in [-0.2, 0) is 4.79 Å². The number of aliphatic hydroxyl groups is 1. The van der Waals surface area contributed by atoms with Crippen molar-refractivity contribution in [3.63, 3.8) is 0 Å². The summed E-state index contributed by atoms with van der Waals surface area (Å²) >= 11 is 0. The van der Waals surface area contributed by atoms with Gasteiger partial charge in [-0.25, -0.2) is 0 Å². The molecule has 15 heavy (non-hydrogen) atoms. The molecule has 2 N–H and O–H groups in total. The molecule has 1 atom stereocenters. The van der Waals surface area contributed by atoms with Crippen molar-refractivity contribution in [2.24, 2.45) is 0 Å². The Morgan fingerprint density at radius 2 is 2.27 bits per heavy atom. The summed E-state index contributed by atoms with van der Waals surface area (Å²) in [5.74, 6) is -0.340. The van der Waals surface area contributed by atoms with Crippen molar-refractivity contribution in [3.8, 4) is 5.75 Å². The van der Waals surface area contributed by atoms with Crippen LogP contribution in [0.2, 0.25) is 0 Å². The Morgan fingerprint density at radius 1 is 1.53 bits per heavy atom. The van der Waals surface area contributed by atoms with Gasteiger partial charge in [-0.15, -0.1) is 0 Å². The Labute approximate surface area is 88.1 Å². The maximum atomic E-state index is 10.5. The normalized spacial score (nSPS) is 12.1. The van der Waals surface area contributed by atoms with Crippen LogP contribution in [0.3, 0.4) is 0 Å². The van der Waals surface area contributed by atoms with Gasteiger partial charge in [0.1, 0.15) is 5.75 Å². The summed E-state index contributed by atoms with van der Waals surface area (Å²) in [4.78, 5) is 10.5. The highest BCUT2D eigenvalue weighted by Crippen LogP contribution is 2.23. The number of aliphatic hydroxyl groups excluding tert-OH is 1. The predicted octanol–water partition coefficient (Wildman–Crippen LogP) is 1.59. The van der Waals surface area contributed by atoms with Crippen LogP contribution in [0, 0.1) is 0 Å². The van der Waals surface area contributed by atoms with Crippen molar-refractivity contribution in [1.29, 1.82) is 0 Å². The van der Waals surface area contributed by atoms with Crippen LogP contribution in [0.1, 0.15) is 24.8 Å². The van der Waals surface area contributed by atoms with Crippen molar-refractivity contribution in [1.82, 2.24) is 0 Å². The zero-order chi connectivity index (χ0) is 11.3. The molecular formula is C11H14O4. The zero-order valence-corrected chi connectivity index (χ0v) is 8.51. The summed E-state index contributed by atoms with van der Waals surface area (Å²) in [5.41, 5.74) is 0.892. The number of carbonyl (C=O) groups is 1. The third kappa shape index (κ3) is 3.59. The molecule has 1 rings (SSSR count). The quantitative estimate of drug-likeness (QED) is 0.724. The molecule has 4 heteroatoms. The van der Waals surface area contributed by atoms with Gasteiger partial charge in [0.15, 0.2) is 6.79 Å². The van der Waals surface area contributed by atoms with Crippen molar-refractivity contribution in [3.05, 3.63) is 29.8 Å². The van der Waals surface area contributed by atoms with E-state index in [1.54, 1.807) is 18.2 Å². The smallest absolute Gasteiger partial charge is 0.303 e. The molecule has 0 fully saturated rings. The van der Waals surface area contributed by atoms with Gasteiger partial charge in [-0.1, -0.05) is 19.1 Å². The van der Waals surface area contributed by atoms with E-state index in [0.717, 1.165) is 5.56 Å². The molecule has 0 spiro atoms. The van der Waals surface area contributed by atoms with Crippen LogP contribution in [0.25, 0.3) is 0 Å². The standard InChI is InChI=1S/C11H14O4/c1-8(5-11(13)14)9-3-2-4-10(6-9)15-7-12/h2-4,6,8,12H,5,7H2,1H3,(H,13,14). The van der Waals surface area contributed by atoms with Gasteiger partial charge in [-0.2, -0.15) is 0 Å². The SMILES string of the molecule is CC(CC(=O)O)c1cccc(OCO)c1. The second-order valence-electron chi connectivity index (χ2n) is 3.34. The van der Waals surface area contributed by atoms with Crippen LogP contribution < -0.4 is 4.74 Å². The average molecular weight is 210 g/mol. The summed E-state index contributed by atoms with van der Waals surface area (Å²) in [5, 5.41) is 17.2. The molecule has 0 aliphatic rings. The van der Waals surface area contributed by atoms with Crippen molar-refractivity contribution >= 4 is 5.97 Å². The highest BCUT2D eigenvalue weighted by molar-refractivity contribution is 5.68. The molecule has 0 saturated heterocycles. The highest BCUT2D eigenvalue weighted by Gasteiger charge is 2.10. The first kappa shape index (κ1) is 11.5. The summed E-state index contributed by atoms with van der Waals surface area (Å²) < 4.78 is 4.91. The van der Waals surface area contributed by atoms with E-state index in [-0.39, 0.29) is 19.1 Å². The lowest BCUT2D eigenvalue weighted by Crippen LogP contribution is -2.03. The van der Waals surface area contributed by atoms with E-state index >= 15 is 0 Å². The molecule has 1 aromatic rings. The number of rotatable bonds is 5. The van der Waals surface area contributed by atoms with Gasteiger partial charge in [0.2, 0.25) is 0 Å². The summed E-state index contributed by atoms with van der Waals surface area (Å²) in [7, 11) is 0. The van der Waals surface area contributed by atoms with Crippen LogP contribution in [0.5, 0.6) is 5.75 Å². The summed E-state index contributed by atoms with van der Waals surface area (Å²) in [6.45, 7) is 1.46. The monoisotopic (exact) mass is 210 g/mol. The van der Waals surface area contributed by atoms with E-state index in [1.807, 2.05) is 13.0 Å². The number of aliphatic carboxylic acids is 1. The topological polar surface area (TPSA) is 66.8 Å². The first-order valence-corrected chi connectivity index (χ1v) is 4.69. The van der Waals surface area contributed by atoms with Gasteiger partial charge in [-0.05, 0) is 23.6 Å². The molecule has 0 heterocycles. The fourth-order valence-electron chi connectivity index (χ4n) is 1.37. The maximum Gasteiger partial charge on any atom is 0.303 e. The van der Waals surface area contributed by atoms with Gasteiger partial charge >= 0.3 is 5.97 Å². The first-order chi connectivity index (χ1) is 7.13. The molecule has 4 nitrogen and oxygen atoms in total. The minimum Gasteiger partial charge on any atom is -0.481 e. The fraction of sp³-hybridized carbons (Fsp3) is 0.364. The van der Waals surface area contributed by atoms with Gasteiger partial charge in [0, 0.05) is 0 Å². The summed E-state index contributed by atoms with van der Waals surface area (Å²) in [6, 6.07) is 7.08. The Kier molecular flexibility index (Phi) is 4.12. The number of carboxylic acids is 1. The number of benzene rings is 1. The molecule has 0 aromatic heterocycles.